The van der Waals surface area contributed by atoms with Crippen molar-refractivity contribution in [2.24, 2.45) is 0 Å². The van der Waals surface area contributed by atoms with E-state index in [4.69, 9.17) is 4.74 Å². The Bertz CT molecular complexity index is 547. The number of benzene rings is 1. The minimum absolute atomic E-state index is 0.213. The standard InChI is InChI=1S/C13H14FNO2/c1-8(17-9(2)16)6-10-7-15-13-11(10)4-3-5-12(13)14/h3-5,7-8,15H,6H2,1-2H3. The molecule has 0 saturated heterocycles. The average Bonchev–Trinajstić information content (AvgIpc) is 2.62. The number of halogens is 1. The summed E-state index contributed by atoms with van der Waals surface area (Å²) >= 11 is 0. The summed E-state index contributed by atoms with van der Waals surface area (Å²) in [6.45, 7) is 3.20. The molecule has 0 aliphatic rings. The second kappa shape index (κ2) is 4.57. The zero-order valence-electron chi connectivity index (χ0n) is 9.79. The summed E-state index contributed by atoms with van der Waals surface area (Å²) < 4.78 is 18.5. The Morgan fingerprint density at radius 2 is 2.29 bits per heavy atom. The maximum absolute atomic E-state index is 13.4. The number of H-pyrrole nitrogens is 1. The highest BCUT2D eigenvalue weighted by Gasteiger charge is 2.12. The molecule has 1 unspecified atom stereocenters. The van der Waals surface area contributed by atoms with Gasteiger partial charge in [-0.05, 0) is 18.6 Å². The van der Waals surface area contributed by atoms with Crippen molar-refractivity contribution >= 4 is 16.9 Å². The molecule has 1 N–H and O–H groups in total. The molecule has 1 aromatic heterocycles. The summed E-state index contributed by atoms with van der Waals surface area (Å²) in [7, 11) is 0. The third-order valence-electron chi connectivity index (χ3n) is 2.62. The zero-order chi connectivity index (χ0) is 12.4. The second-order valence-corrected chi connectivity index (χ2v) is 4.10. The Morgan fingerprint density at radius 3 is 3.00 bits per heavy atom. The van der Waals surface area contributed by atoms with Gasteiger partial charge in [0.1, 0.15) is 11.9 Å². The number of hydrogen-bond acceptors (Lipinski definition) is 2. The molecule has 3 nitrogen and oxygen atoms in total. The predicted molar refractivity (Wildman–Crippen MR) is 63.2 cm³/mol. The summed E-state index contributed by atoms with van der Waals surface area (Å²) in [6.07, 6.45) is 2.12. The Balaban J connectivity index is 2.25. The first-order valence-electron chi connectivity index (χ1n) is 5.49. The quantitative estimate of drug-likeness (QED) is 0.831. The third-order valence-corrected chi connectivity index (χ3v) is 2.62. The smallest absolute Gasteiger partial charge is 0.302 e. The third kappa shape index (κ3) is 2.46. The topological polar surface area (TPSA) is 42.1 Å². The molecule has 17 heavy (non-hydrogen) atoms. The predicted octanol–water partition coefficient (Wildman–Crippen LogP) is 2.80. The van der Waals surface area contributed by atoms with Gasteiger partial charge in [-0.15, -0.1) is 0 Å². The van der Waals surface area contributed by atoms with Crippen LogP contribution in [0.15, 0.2) is 24.4 Å². The van der Waals surface area contributed by atoms with Crippen molar-refractivity contribution in [3.8, 4) is 0 Å². The van der Waals surface area contributed by atoms with Crippen molar-refractivity contribution in [3.05, 3.63) is 35.8 Å². The lowest BCUT2D eigenvalue weighted by atomic mass is 10.1. The van der Waals surface area contributed by atoms with Gasteiger partial charge in [0, 0.05) is 24.9 Å². The second-order valence-electron chi connectivity index (χ2n) is 4.10. The SMILES string of the molecule is CC(=O)OC(C)Cc1c[nH]c2c(F)cccc12. The molecule has 0 aliphatic heterocycles. The minimum Gasteiger partial charge on any atom is -0.463 e. The van der Waals surface area contributed by atoms with Crippen LogP contribution in [0.2, 0.25) is 0 Å². The van der Waals surface area contributed by atoms with Crippen molar-refractivity contribution in [2.75, 3.05) is 0 Å². The first kappa shape index (κ1) is 11.6. The van der Waals surface area contributed by atoms with E-state index in [1.54, 1.807) is 12.3 Å². The van der Waals surface area contributed by atoms with Gasteiger partial charge in [0.15, 0.2) is 0 Å². The number of fused-ring (bicyclic) bond motifs is 1. The molecule has 0 bridgehead atoms. The van der Waals surface area contributed by atoms with Gasteiger partial charge in [-0.3, -0.25) is 4.79 Å². The van der Waals surface area contributed by atoms with E-state index in [1.165, 1.54) is 13.0 Å². The molecule has 2 aromatic rings. The van der Waals surface area contributed by atoms with Gasteiger partial charge in [0.2, 0.25) is 0 Å². The largest absolute Gasteiger partial charge is 0.463 e. The molecule has 1 aromatic carbocycles. The number of carbonyl (C=O) groups is 1. The minimum atomic E-state index is -0.302. The molecule has 0 radical (unpaired) electrons. The molecule has 4 heteroatoms. The van der Waals surface area contributed by atoms with Gasteiger partial charge in [0.05, 0.1) is 5.52 Å². The molecule has 0 saturated carbocycles. The molecule has 0 amide bonds. The first-order chi connectivity index (χ1) is 8.08. The Kier molecular flexibility index (Phi) is 3.13. The van der Waals surface area contributed by atoms with E-state index < -0.39 is 0 Å². The molecule has 2 rings (SSSR count). The van der Waals surface area contributed by atoms with Crippen LogP contribution >= 0.6 is 0 Å². The molecule has 0 spiro atoms. The number of para-hydroxylation sites is 1. The monoisotopic (exact) mass is 235 g/mol. The van der Waals surface area contributed by atoms with Crippen LogP contribution in [-0.2, 0) is 16.0 Å². The van der Waals surface area contributed by atoms with Crippen molar-refractivity contribution in [1.82, 2.24) is 4.98 Å². The van der Waals surface area contributed by atoms with E-state index in [1.807, 2.05) is 13.0 Å². The summed E-state index contributed by atoms with van der Waals surface area (Å²) in [5.41, 5.74) is 1.45. The van der Waals surface area contributed by atoms with Crippen molar-refractivity contribution in [3.63, 3.8) is 0 Å². The highest BCUT2D eigenvalue weighted by molar-refractivity contribution is 5.83. The zero-order valence-corrected chi connectivity index (χ0v) is 9.79. The fraction of sp³-hybridized carbons (Fsp3) is 0.308. The molecular formula is C13H14FNO2. The normalized spacial score (nSPS) is 12.6. The molecule has 90 valence electrons. The Morgan fingerprint density at radius 1 is 1.53 bits per heavy atom. The molecule has 0 fully saturated rings. The molecule has 0 aliphatic carbocycles. The van der Waals surface area contributed by atoms with E-state index in [9.17, 15) is 9.18 Å². The van der Waals surface area contributed by atoms with Crippen molar-refractivity contribution in [1.29, 1.82) is 0 Å². The number of aromatic amines is 1. The van der Waals surface area contributed by atoms with Gasteiger partial charge in [-0.25, -0.2) is 4.39 Å². The lowest BCUT2D eigenvalue weighted by molar-refractivity contribution is -0.145. The highest BCUT2D eigenvalue weighted by atomic mass is 19.1. The van der Waals surface area contributed by atoms with Gasteiger partial charge in [-0.2, -0.15) is 0 Å². The number of hydrogen-bond donors (Lipinski definition) is 1. The number of ether oxygens (including phenoxy) is 1. The molecule has 1 atom stereocenters. The number of carbonyl (C=O) groups excluding carboxylic acids is 1. The van der Waals surface area contributed by atoms with Crippen LogP contribution in [0, 0.1) is 5.82 Å². The molecule has 1 heterocycles. The lowest BCUT2D eigenvalue weighted by Crippen LogP contribution is -2.14. The van der Waals surface area contributed by atoms with E-state index in [0.717, 1.165) is 10.9 Å². The first-order valence-corrected chi connectivity index (χ1v) is 5.49. The lowest BCUT2D eigenvalue weighted by Gasteiger charge is -2.10. The van der Waals surface area contributed by atoms with E-state index in [0.29, 0.717) is 11.9 Å². The van der Waals surface area contributed by atoms with E-state index in [-0.39, 0.29) is 17.9 Å². The van der Waals surface area contributed by atoms with Crippen molar-refractivity contribution < 1.29 is 13.9 Å². The van der Waals surface area contributed by atoms with E-state index >= 15 is 0 Å². The van der Waals surface area contributed by atoms with Crippen LogP contribution < -0.4 is 0 Å². The fourth-order valence-corrected chi connectivity index (χ4v) is 1.98. The average molecular weight is 235 g/mol. The van der Waals surface area contributed by atoms with Gasteiger partial charge in [0.25, 0.3) is 0 Å². The number of aromatic nitrogens is 1. The maximum atomic E-state index is 13.4. The summed E-state index contributed by atoms with van der Waals surface area (Å²) in [4.78, 5) is 13.7. The van der Waals surface area contributed by atoms with Gasteiger partial charge in [-0.1, -0.05) is 12.1 Å². The van der Waals surface area contributed by atoms with Crippen LogP contribution in [0.3, 0.4) is 0 Å². The Labute approximate surface area is 98.6 Å². The number of nitrogens with one attached hydrogen (secondary N) is 1. The summed E-state index contributed by atoms with van der Waals surface area (Å²) in [5.74, 6) is -0.572. The van der Waals surface area contributed by atoms with Crippen LogP contribution in [0.5, 0.6) is 0 Å². The summed E-state index contributed by atoms with van der Waals surface area (Å²) in [6, 6.07) is 4.94. The number of esters is 1. The van der Waals surface area contributed by atoms with Gasteiger partial charge < -0.3 is 9.72 Å². The van der Waals surface area contributed by atoms with Crippen LogP contribution in [0.4, 0.5) is 4.39 Å². The highest BCUT2D eigenvalue weighted by Crippen LogP contribution is 2.22. The summed E-state index contributed by atoms with van der Waals surface area (Å²) in [5, 5.41) is 0.837. The van der Waals surface area contributed by atoms with Gasteiger partial charge >= 0.3 is 5.97 Å². The fourth-order valence-electron chi connectivity index (χ4n) is 1.98. The van der Waals surface area contributed by atoms with Crippen LogP contribution in [0.1, 0.15) is 19.4 Å². The van der Waals surface area contributed by atoms with Crippen LogP contribution in [-0.4, -0.2) is 17.1 Å². The van der Waals surface area contributed by atoms with E-state index in [2.05, 4.69) is 4.98 Å². The van der Waals surface area contributed by atoms with Crippen molar-refractivity contribution in [2.45, 2.75) is 26.4 Å². The maximum Gasteiger partial charge on any atom is 0.302 e. The Hall–Kier alpha value is -1.84. The molecular weight excluding hydrogens is 221 g/mol. The number of rotatable bonds is 3. The van der Waals surface area contributed by atoms with Crippen LogP contribution in [0.25, 0.3) is 10.9 Å².